The molecule has 134 valence electrons. The van der Waals surface area contributed by atoms with Crippen molar-refractivity contribution in [2.45, 2.75) is 6.54 Å². The first-order valence-corrected chi connectivity index (χ1v) is 8.02. The standard InChI is InChI=1S/C18H19N5O3/c1-25-14-6-3-5-13(15(14)26-2)18(24)22-10-12-23-11-9-21-17(23)16-19-7-4-8-20-16/h3-9,11H,10,12H2,1-2H3,(H,22,24). The Morgan fingerprint density at radius 1 is 1.08 bits per heavy atom. The van der Waals surface area contributed by atoms with E-state index < -0.39 is 0 Å². The SMILES string of the molecule is COc1cccc(C(=O)NCCn2ccnc2-c2ncccn2)c1OC. The molecule has 0 aliphatic carbocycles. The Balaban J connectivity index is 1.67. The summed E-state index contributed by atoms with van der Waals surface area (Å²) in [5.74, 6) is 1.88. The minimum absolute atomic E-state index is 0.238. The van der Waals surface area contributed by atoms with Crippen molar-refractivity contribution in [1.29, 1.82) is 0 Å². The fourth-order valence-corrected chi connectivity index (χ4v) is 2.56. The van der Waals surface area contributed by atoms with Crippen LogP contribution in [0.2, 0.25) is 0 Å². The maximum atomic E-state index is 12.5. The van der Waals surface area contributed by atoms with E-state index in [0.717, 1.165) is 0 Å². The first-order valence-electron chi connectivity index (χ1n) is 8.02. The molecule has 0 saturated carbocycles. The number of benzene rings is 1. The number of para-hydroxylation sites is 1. The summed E-state index contributed by atoms with van der Waals surface area (Å²) in [4.78, 5) is 25.2. The monoisotopic (exact) mass is 353 g/mol. The Labute approximate surface area is 150 Å². The lowest BCUT2D eigenvalue weighted by Crippen LogP contribution is -2.27. The van der Waals surface area contributed by atoms with Crippen LogP contribution in [0.25, 0.3) is 11.6 Å². The molecule has 8 nitrogen and oxygen atoms in total. The van der Waals surface area contributed by atoms with Crippen LogP contribution in [0.15, 0.2) is 49.1 Å². The number of aromatic nitrogens is 4. The van der Waals surface area contributed by atoms with Gasteiger partial charge in [0.15, 0.2) is 23.1 Å². The molecule has 2 heterocycles. The Kier molecular flexibility index (Phi) is 5.43. The average molecular weight is 353 g/mol. The Bertz CT molecular complexity index is 880. The number of methoxy groups -OCH3 is 2. The molecular formula is C18H19N5O3. The number of hydrogen-bond acceptors (Lipinski definition) is 6. The van der Waals surface area contributed by atoms with E-state index in [-0.39, 0.29) is 5.91 Å². The molecule has 1 aromatic carbocycles. The summed E-state index contributed by atoms with van der Waals surface area (Å²) in [6, 6.07) is 6.93. The number of nitrogens with zero attached hydrogens (tertiary/aromatic N) is 4. The molecule has 0 atom stereocenters. The lowest BCUT2D eigenvalue weighted by atomic mass is 10.1. The van der Waals surface area contributed by atoms with Crippen molar-refractivity contribution in [3.63, 3.8) is 0 Å². The Hall–Kier alpha value is -3.42. The molecule has 0 radical (unpaired) electrons. The van der Waals surface area contributed by atoms with Crippen LogP contribution < -0.4 is 14.8 Å². The fraction of sp³-hybridized carbons (Fsp3) is 0.222. The molecule has 0 aliphatic heterocycles. The van der Waals surface area contributed by atoms with E-state index in [1.54, 1.807) is 42.9 Å². The molecular weight excluding hydrogens is 334 g/mol. The summed E-state index contributed by atoms with van der Waals surface area (Å²) in [5, 5.41) is 2.88. The number of ether oxygens (including phenoxy) is 2. The van der Waals surface area contributed by atoms with E-state index in [1.165, 1.54) is 14.2 Å². The van der Waals surface area contributed by atoms with Crippen LogP contribution in [0, 0.1) is 0 Å². The number of hydrogen-bond donors (Lipinski definition) is 1. The molecule has 0 fully saturated rings. The average Bonchev–Trinajstić information content (AvgIpc) is 3.16. The highest BCUT2D eigenvalue weighted by molar-refractivity contribution is 5.97. The Morgan fingerprint density at radius 2 is 1.88 bits per heavy atom. The van der Waals surface area contributed by atoms with Gasteiger partial charge in [-0.2, -0.15) is 0 Å². The molecule has 0 bridgehead atoms. The van der Waals surface area contributed by atoms with Crippen molar-refractivity contribution in [3.05, 3.63) is 54.6 Å². The number of amides is 1. The molecule has 0 spiro atoms. The summed E-state index contributed by atoms with van der Waals surface area (Å²) < 4.78 is 12.4. The second kappa shape index (κ2) is 8.11. The highest BCUT2D eigenvalue weighted by Crippen LogP contribution is 2.30. The maximum Gasteiger partial charge on any atom is 0.255 e. The van der Waals surface area contributed by atoms with E-state index >= 15 is 0 Å². The van der Waals surface area contributed by atoms with Crippen LogP contribution in [0.3, 0.4) is 0 Å². The van der Waals surface area contributed by atoms with Crippen LogP contribution in [0.4, 0.5) is 0 Å². The normalized spacial score (nSPS) is 10.4. The second-order valence-corrected chi connectivity index (χ2v) is 5.31. The van der Waals surface area contributed by atoms with Gasteiger partial charge in [0, 0.05) is 37.9 Å². The fourth-order valence-electron chi connectivity index (χ4n) is 2.56. The summed E-state index contributed by atoms with van der Waals surface area (Å²) >= 11 is 0. The molecule has 26 heavy (non-hydrogen) atoms. The summed E-state index contributed by atoms with van der Waals surface area (Å²) in [6.07, 6.45) is 6.83. The van der Waals surface area contributed by atoms with Gasteiger partial charge in [0.05, 0.1) is 19.8 Å². The zero-order valence-electron chi connectivity index (χ0n) is 14.5. The lowest BCUT2D eigenvalue weighted by molar-refractivity contribution is 0.0948. The van der Waals surface area contributed by atoms with Crippen LogP contribution in [-0.2, 0) is 6.54 Å². The third kappa shape index (κ3) is 3.64. The van der Waals surface area contributed by atoms with Gasteiger partial charge in [-0.15, -0.1) is 0 Å². The molecule has 1 amide bonds. The molecule has 0 saturated heterocycles. The molecule has 3 aromatic rings. The minimum Gasteiger partial charge on any atom is -0.493 e. The molecule has 8 heteroatoms. The van der Waals surface area contributed by atoms with Crippen molar-refractivity contribution in [1.82, 2.24) is 24.8 Å². The predicted octanol–water partition coefficient (Wildman–Crippen LogP) is 1.79. The van der Waals surface area contributed by atoms with Gasteiger partial charge in [0.25, 0.3) is 5.91 Å². The van der Waals surface area contributed by atoms with Gasteiger partial charge >= 0.3 is 0 Å². The van der Waals surface area contributed by atoms with Gasteiger partial charge < -0.3 is 19.4 Å². The van der Waals surface area contributed by atoms with E-state index in [0.29, 0.717) is 41.8 Å². The first kappa shape index (κ1) is 17.4. The van der Waals surface area contributed by atoms with Gasteiger partial charge in [-0.05, 0) is 18.2 Å². The van der Waals surface area contributed by atoms with E-state index in [4.69, 9.17) is 9.47 Å². The molecule has 0 unspecified atom stereocenters. The van der Waals surface area contributed by atoms with Crippen LogP contribution >= 0.6 is 0 Å². The van der Waals surface area contributed by atoms with E-state index in [9.17, 15) is 4.79 Å². The summed E-state index contributed by atoms with van der Waals surface area (Å²) in [5.41, 5.74) is 0.420. The number of rotatable bonds is 7. The topological polar surface area (TPSA) is 91.2 Å². The summed E-state index contributed by atoms with van der Waals surface area (Å²) in [7, 11) is 3.04. The second-order valence-electron chi connectivity index (χ2n) is 5.31. The molecule has 0 aliphatic rings. The molecule has 2 aromatic heterocycles. The Morgan fingerprint density at radius 3 is 2.62 bits per heavy atom. The molecule has 1 N–H and O–H groups in total. The van der Waals surface area contributed by atoms with Gasteiger partial charge in [-0.3, -0.25) is 4.79 Å². The molecule has 3 rings (SSSR count). The lowest BCUT2D eigenvalue weighted by Gasteiger charge is -2.13. The quantitative estimate of drug-likeness (QED) is 0.696. The zero-order chi connectivity index (χ0) is 18.4. The number of carbonyl (C=O) groups is 1. The van der Waals surface area contributed by atoms with E-state index in [1.807, 2.05) is 10.8 Å². The van der Waals surface area contributed by atoms with Crippen LogP contribution in [0.1, 0.15) is 10.4 Å². The van der Waals surface area contributed by atoms with Crippen molar-refractivity contribution in [2.24, 2.45) is 0 Å². The number of nitrogens with one attached hydrogen (secondary N) is 1. The third-order valence-electron chi connectivity index (χ3n) is 3.77. The van der Waals surface area contributed by atoms with Crippen molar-refractivity contribution in [3.8, 4) is 23.1 Å². The largest absolute Gasteiger partial charge is 0.493 e. The van der Waals surface area contributed by atoms with Gasteiger partial charge in [0.1, 0.15) is 0 Å². The minimum atomic E-state index is -0.238. The highest BCUT2D eigenvalue weighted by atomic mass is 16.5. The maximum absolute atomic E-state index is 12.5. The van der Waals surface area contributed by atoms with Crippen LogP contribution in [-0.4, -0.2) is 46.2 Å². The smallest absolute Gasteiger partial charge is 0.255 e. The van der Waals surface area contributed by atoms with Crippen molar-refractivity contribution >= 4 is 5.91 Å². The van der Waals surface area contributed by atoms with Gasteiger partial charge in [-0.25, -0.2) is 15.0 Å². The van der Waals surface area contributed by atoms with Gasteiger partial charge in [0.2, 0.25) is 0 Å². The van der Waals surface area contributed by atoms with Crippen molar-refractivity contribution in [2.75, 3.05) is 20.8 Å². The van der Waals surface area contributed by atoms with Crippen LogP contribution in [0.5, 0.6) is 11.5 Å². The van der Waals surface area contributed by atoms with Crippen molar-refractivity contribution < 1.29 is 14.3 Å². The summed E-state index contributed by atoms with van der Waals surface area (Å²) in [6.45, 7) is 0.945. The predicted molar refractivity (Wildman–Crippen MR) is 95.1 cm³/mol. The van der Waals surface area contributed by atoms with Gasteiger partial charge in [-0.1, -0.05) is 6.07 Å². The first-order chi connectivity index (χ1) is 12.7. The highest BCUT2D eigenvalue weighted by Gasteiger charge is 2.16. The van der Waals surface area contributed by atoms with E-state index in [2.05, 4.69) is 20.3 Å². The third-order valence-corrected chi connectivity index (χ3v) is 3.77. The number of imidazole rings is 1. The number of carbonyl (C=O) groups excluding carboxylic acids is 1. The zero-order valence-corrected chi connectivity index (χ0v) is 14.5.